The lowest BCUT2D eigenvalue weighted by molar-refractivity contribution is -0.135. The number of aliphatic carboxylic acids is 1. The van der Waals surface area contributed by atoms with E-state index in [1.165, 1.54) is 6.20 Å². The molecule has 0 amide bonds. The average Bonchev–Trinajstić information content (AvgIpc) is 2.80. The molecule has 94 valence electrons. The molecule has 2 rings (SSSR count). The molecule has 1 aromatic carbocycles. The molecule has 0 atom stereocenters. The smallest absolute Gasteiger partial charge is 0.323 e. The number of carboxylic acids is 1. The Morgan fingerprint density at radius 2 is 2.28 bits per heavy atom. The predicted molar refractivity (Wildman–Crippen MR) is 66.6 cm³/mol. The molecule has 1 heterocycles. The number of anilines is 1. The minimum absolute atomic E-state index is 0.138. The van der Waals surface area contributed by atoms with Crippen molar-refractivity contribution in [1.29, 1.82) is 0 Å². The molecular weight excluding hydrogens is 256 g/mol. The first-order valence-electron chi connectivity index (χ1n) is 5.27. The fraction of sp³-hybridized carbons (Fsp3) is 0.167. The summed E-state index contributed by atoms with van der Waals surface area (Å²) in [7, 11) is 0. The first-order chi connectivity index (χ1) is 8.65. The third-order valence-electron chi connectivity index (χ3n) is 2.34. The van der Waals surface area contributed by atoms with Gasteiger partial charge in [-0.2, -0.15) is 0 Å². The number of carbonyl (C=O) groups is 1. The van der Waals surface area contributed by atoms with Crippen LogP contribution in [0.4, 0.5) is 5.69 Å². The minimum atomic E-state index is -0.922. The van der Waals surface area contributed by atoms with Crippen molar-refractivity contribution in [3.63, 3.8) is 0 Å². The lowest BCUT2D eigenvalue weighted by atomic mass is 10.2. The summed E-state index contributed by atoms with van der Waals surface area (Å²) >= 11 is 5.90. The van der Waals surface area contributed by atoms with E-state index < -0.39 is 5.97 Å². The molecule has 0 saturated carbocycles. The Morgan fingerprint density at radius 1 is 1.44 bits per heavy atom. The van der Waals surface area contributed by atoms with Gasteiger partial charge in [0.1, 0.15) is 6.54 Å². The Balaban J connectivity index is 2.21. The van der Waals surface area contributed by atoms with E-state index in [0.29, 0.717) is 17.3 Å². The molecule has 0 bridgehead atoms. The average molecular weight is 267 g/mol. The van der Waals surface area contributed by atoms with Crippen molar-refractivity contribution in [2.24, 2.45) is 0 Å². The zero-order valence-corrected chi connectivity index (χ0v) is 10.2. The molecule has 0 unspecified atom stereocenters. The maximum Gasteiger partial charge on any atom is 0.323 e. The van der Waals surface area contributed by atoms with Gasteiger partial charge in [-0.1, -0.05) is 22.8 Å². The zero-order chi connectivity index (χ0) is 13.0. The number of nitrogens with zero attached hydrogens (tertiary/aromatic N) is 2. The van der Waals surface area contributed by atoms with Crippen LogP contribution in [0, 0.1) is 0 Å². The summed E-state index contributed by atoms with van der Waals surface area (Å²) in [6, 6.07) is 8.71. The Labute approximate surface area is 109 Å². The van der Waals surface area contributed by atoms with Crippen LogP contribution in [0.1, 0.15) is 5.76 Å². The molecule has 18 heavy (non-hydrogen) atoms. The third kappa shape index (κ3) is 3.24. The summed E-state index contributed by atoms with van der Waals surface area (Å²) in [4.78, 5) is 12.5. The number of benzene rings is 1. The lowest BCUT2D eigenvalue weighted by Gasteiger charge is -2.21. The van der Waals surface area contributed by atoms with E-state index in [9.17, 15) is 4.79 Å². The standard InChI is InChI=1S/C12H11ClN2O3/c13-9-2-1-3-10(6-9)15(8-12(16)17)7-11-4-5-14-18-11/h1-6H,7-8H2,(H,16,17). The Morgan fingerprint density at radius 3 is 2.89 bits per heavy atom. The normalized spacial score (nSPS) is 10.3. The van der Waals surface area contributed by atoms with Crippen LogP contribution in [0.15, 0.2) is 41.1 Å². The van der Waals surface area contributed by atoms with Crippen LogP contribution in [0.25, 0.3) is 0 Å². The molecule has 0 fully saturated rings. The van der Waals surface area contributed by atoms with Gasteiger partial charge in [-0.3, -0.25) is 4.79 Å². The van der Waals surface area contributed by atoms with Crippen LogP contribution in [0.3, 0.4) is 0 Å². The van der Waals surface area contributed by atoms with Crippen LogP contribution in [-0.2, 0) is 11.3 Å². The molecule has 0 radical (unpaired) electrons. The van der Waals surface area contributed by atoms with Crippen molar-refractivity contribution in [3.8, 4) is 0 Å². The van der Waals surface area contributed by atoms with Crippen LogP contribution < -0.4 is 4.90 Å². The first kappa shape index (κ1) is 12.4. The van der Waals surface area contributed by atoms with E-state index in [1.807, 2.05) is 0 Å². The highest BCUT2D eigenvalue weighted by atomic mass is 35.5. The quantitative estimate of drug-likeness (QED) is 0.900. The van der Waals surface area contributed by atoms with Crippen molar-refractivity contribution in [2.45, 2.75) is 6.54 Å². The van der Waals surface area contributed by atoms with E-state index in [4.69, 9.17) is 21.2 Å². The van der Waals surface area contributed by atoms with E-state index >= 15 is 0 Å². The monoisotopic (exact) mass is 266 g/mol. The molecule has 6 heteroatoms. The van der Waals surface area contributed by atoms with Crippen molar-refractivity contribution >= 4 is 23.3 Å². The van der Waals surface area contributed by atoms with Gasteiger partial charge in [0.05, 0.1) is 12.7 Å². The highest BCUT2D eigenvalue weighted by Gasteiger charge is 2.13. The first-order valence-corrected chi connectivity index (χ1v) is 5.65. The maximum atomic E-state index is 10.9. The minimum Gasteiger partial charge on any atom is -0.480 e. The summed E-state index contributed by atoms with van der Waals surface area (Å²) in [5.74, 6) is -0.328. The Bertz CT molecular complexity index is 528. The number of hydrogen-bond acceptors (Lipinski definition) is 4. The van der Waals surface area contributed by atoms with Gasteiger partial charge < -0.3 is 14.5 Å². The number of rotatable bonds is 5. The van der Waals surface area contributed by atoms with E-state index in [-0.39, 0.29) is 6.54 Å². The lowest BCUT2D eigenvalue weighted by Crippen LogP contribution is -2.28. The van der Waals surface area contributed by atoms with Crippen molar-refractivity contribution in [1.82, 2.24) is 5.16 Å². The summed E-state index contributed by atoms with van der Waals surface area (Å²) in [5, 5.41) is 13.1. The number of aromatic nitrogens is 1. The Kier molecular flexibility index (Phi) is 3.84. The molecular formula is C12H11ClN2O3. The van der Waals surface area contributed by atoms with Crippen LogP contribution >= 0.6 is 11.6 Å². The van der Waals surface area contributed by atoms with Gasteiger partial charge in [-0.25, -0.2) is 0 Å². The van der Waals surface area contributed by atoms with Gasteiger partial charge in [0.15, 0.2) is 5.76 Å². The van der Waals surface area contributed by atoms with Gasteiger partial charge >= 0.3 is 5.97 Å². The maximum absolute atomic E-state index is 10.9. The largest absolute Gasteiger partial charge is 0.480 e. The van der Waals surface area contributed by atoms with Crippen molar-refractivity contribution < 1.29 is 14.4 Å². The number of halogens is 1. The number of hydrogen-bond donors (Lipinski definition) is 1. The van der Waals surface area contributed by atoms with E-state index in [2.05, 4.69) is 5.16 Å². The fourth-order valence-electron chi connectivity index (χ4n) is 1.59. The Hall–Kier alpha value is -2.01. The van der Waals surface area contributed by atoms with Gasteiger partial charge in [-0.05, 0) is 18.2 Å². The molecule has 1 N–H and O–H groups in total. The second-order valence-electron chi connectivity index (χ2n) is 3.71. The highest BCUT2D eigenvalue weighted by molar-refractivity contribution is 6.30. The summed E-state index contributed by atoms with van der Waals surface area (Å²) < 4.78 is 4.98. The van der Waals surface area contributed by atoms with Crippen LogP contribution in [-0.4, -0.2) is 22.8 Å². The second-order valence-corrected chi connectivity index (χ2v) is 4.14. The van der Waals surface area contributed by atoms with Gasteiger partial charge in [-0.15, -0.1) is 0 Å². The molecule has 2 aromatic rings. The third-order valence-corrected chi connectivity index (χ3v) is 2.57. The topological polar surface area (TPSA) is 66.6 Å². The van der Waals surface area contributed by atoms with Crippen LogP contribution in [0.2, 0.25) is 5.02 Å². The molecule has 0 aliphatic heterocycles. The molecule has 5 nitrogen and oxygen atoms in total. The van der Waals surface area contributed by atoms with Gasteiger partial charge in [0.25, 0.3) is 0 Å². The molecule has 1 aromatic heterocycles. The molecule has 0 saturated heterocycles. The SMILES string of the molecule is O=C(O)CN(Cc1ccno1)c1cccc(Cl)c1. The van der Waals surface area contributed by atoms with Crippen molar-refractivity contribution in [3.05, 3.63) is 47.3 Å². The van der Waals surface area contributed by atoms with Crippen molar-refractivity contribution in [2.75, 3.05) is 11.4 Å². The number of carboxylic acid groups (broad SMARTS) is 1. The summed E-state index contributed by atoms with van der Waals surface area (Å²) in [6.45, 7) is 0.188. The van der Waals surface area contributed by atoms with Gasteiger partial charge in [0, 0.05) is 16.8 Å². The van der Waals surface area contributed by atoms with E-state index in [1.54, 1.807) is 35.2 Å². The fourth-order valence-corrected chi connectivity index (χ4v) is 1.77. The predicted octanol–water partition coefficient (Wildman–Crippen LogP) is 2.42. The molecule has 0 aliphatic rings. The summed E-state index contributed by atoms with van der Waals surface area (Å²) in [6.07, 6.45) is 1.52. The highest BCUT2D eigenvalue weighted by Crippen LogP contribution is 2.21. The van der Waals surface area contributed by atoms with Gasteiger partial charge in [0.2, 0.25) is 0 Å². The van der Waals surface area contributed by atoms with Crippen LogP contribution in [0.5, 0.6) is 0 Å². The summed E-state index contributed by atoms with van der Waals surface area (Å²) in [5.41, 5.74) is 0.723. The van der Waals surface area contributed by atoms with E-state index in [0.717, 1.165) is 5.69 Å². The zero-order valence-electron chi connectivity index (χ0n) is 9.41. The molecule has 0 aliphatic carbocycles. The molecule has 0 spiro atoms. The second kappa shape index (κ2) is 5.55.